The van der Waals surface area contributed by atoms with Crippen LogP contribution in [0.25, 0.3) is 0 Å². The Hall–Kier alpha value is -3.03. The molecular formula is C23H25N4O2S+. The molecule has 0 saturated carbocycles. The van der Waals surface area contributed by atoms with Gasteiger partial charge in [-0.3, -0.25) is 14.6 Å². The van der Waals surface area contributed by atoms with Crippen molar-refractivity contribution in [2.45, 2.75) is 25.6 Å². The number of pyridine rings is 1. The van der Waals surface area contributed by atoms with Crippen LogP contribution < -0.4 is 15.5 Å². The molecule has 4 rings (SSSR count). The molecule has 0 saturated heterocycles. The molecule has 3 N–H and O–H groups in total. The summed E-state index contributed by atoms with van der Waals surface area (Å²) in [5, 5.41) is 7.53. The Morgan fingerprint density at radius 2 is 1.80 bits per heavy atom. The highest BCUT2D eigenvalue weighted by atomic mass is 32.1. The van der Waals surface area contributed by atoms with Gasteiger partial charge in [0.2, 0.25) is 0 Å². The van der Waals surface area contributed by atoms with E-state index in [1.54, 1.807) is 17.5 Å². The Morgan fingerprint density at radius 1 is 1.00 bits per heavy atom. The first-order valence-corrected chi connectivity index (χ1v) is 11.0. The third-order valence-electron chi connectivity index (χ3n) is 5.46. The molecule has 30 heavy (non-hydrogen) atoms. The van der Waals surface area contributed by atoms with Gasteiger partial charge < -0.3 is 15.5 Å². The van der Waals surface area contributed by atoms with Crippen LogP contribution in [0.4, 0.5) is 0 Å². The molecule has 0 aliphatic carbocycles. The van der Waals surface area contributed by atoms with Crippen LogP contribution in [0.15, 0.2) is 66.2 Å². The average Bonchev–Trinajstić information content (AvgIpc) is 3.32. The number of quaternary nitrogens is 1. The third kappa shape index (κ3) is 4.93. The number of carbonyl (C=O) groups excluding carboxylic acids is 2. The van der Waals surface area contributed by atoms with Gasteiger partial charge in [0.25, 0.3) is 0 Å². The zero-order valence-electron chi connectivity index (χ0n) is 16.6. The quantitative estimate of drug-likeness (QED) is 0.525. The first kappa shape index (κ1) is 20.3. The van der Waals surface area contributed by atoms with Gasteiger partial charge in [0.1, 0.15) is 12.6 Å². The van der Waals surface area contributed by atoms with Gasteiger partial charge in [0, 0.05) is 18.2 Å². The molecule has 1 aliphatic rings. The van der Waals surface area contributed by atoms with Crippen LogP contribution in [0.5, 0.6) is 0 Å². The zero-order valence-corrected chi connectivity index (χ0v) is 17.5. The van der Waals surface area contributed by atoms with Crippen molar-refractivity contribution >= 4 is 23.2 Å². The fraction of sp³-hybridized carbons (Fsp3) is 0.261. The number of thiophene rings is 1. The number of nitrogens with one attached hydrogen (secondary N) is 3. The minimum atomic E-state index is -0.635. The molecule has 2 amide bonds. The molecule has 6 nitrogen and oxygen atoms in total. The van der Waals surface area contributed by atoms with Gasteiger partial charge >= 0.3 is 11.8 Å². The van der Waals surface area contributed by atoms with Gasteiger partial charge in [0.05, 0.1) is 30.2 Å². The Morgan fingerprint density at radius 3 is 2.57 bits per heavy atom. The Bertz CT molecular complexity index is 991. The number of carbonyl (C=O) groups is 2. The van der Waals surface area contributed by atoms with Crippen LogP contribution in [0.3, 0.4) is 0 Å². The summed E-state index contributed by atoms with van der Waals surface area (Å²) in [4.78, 5) is 31.3. The number of hydrogen-bond donors (Lipinski definition) is 3. The highest BCUT2D eigenvalue weighted by Crippen LogP contribution is 2.19. The maximum absolute atomic E-state index is 12.4. The zero-order chi connectivity index (χ0) is 20.8. The van der Waals surface area contributed by atoms with E-state index in [-0.39, 0.29) is 12.6 Å². The molecule has 154 valence electrons. The van der Waals surface area contributed by atoms with Crippen LogP contribution in [0.2, 0.25) is 0 Å². The van der Waals surface area contributed by atoms with Gasteiger partial charge in [0.15, 0.2) is 0 Å². The van der Waals surface area contributed by atoms with Crippen LogP contribution in [-0.4, -0.2) is 29.9 Å². The molecule has 2 aromatic heterocycles. The number of nitrogens with zero attached hydrogens (tertiary/aromatic N) is 1. The van der Waals surface area contributed by atoms with Crippen molar-refractivity contribution in [2.24, 2.45) is 0 Å². The van der Waals surface area contributed by atoms with Crippen molar-refractivity contribution in [3.05, 3.63) is 87.9 Å². The summed E-state index contributed by atoms with van der Waals surface area (Å²) in [6.07, 6.45) is 2.68. The van der Waals surface area contributed by atoms with Crippen LogP contribution >= 0.6 is 11.3 Å². The van der Waals surface area contributed by atoms with E-state index < -0.39 is 11.8 Å². The molecule has 3 aromatic rings. The number of rotatable bonds is 6. The summed E-state index contributed by atoms with van der Waals surface area (Å²) in [6, 6.07) is 18.3. The molecule has 1 unspecified atom stereocenters. The lowest BCUT2D eigenvalue weighted by molar-refractivity contribution is -0.945. The molecule has 3 heterocycles. The predicted molar refractivity (Wildman–Crippen MR) is 116 cm³/mol. The average molecular weight is 422 g/mol. The maximum Gasteiger partial charge on any atom is 0.309 e. The van der Waals surface area contributed by atoms with Gasteiger partial charge in [-0.25, -0.2) is 0 Å². The van der Waals surface area contributed by atoms with E-state index >= 15 is 0 Å². The topological polar surface area (TPSA) is 75.5 Å². The fourth-order valence-corrected chi connectivity index (χ4v) is 4.75. The first-order valence-electron chi connectivity index (χ1n) is 10.1. The van der Waals surface area contributed by atoms with Crippen molar-refractivity contribution in [1.82, 2.24) is 15.6 Å². The predicted octanol–water partition coefficient (Wildman–Crippen LogP) is 1.26. The molecule has 1 aromatic carbocycles. The summed E-state index contributed by atoms with van der Waals surface area (Å²) in [5.74, 6) is -1.24. The van der Waals surface area contributed by atoms with E-state index in [1.807, 2.05) is 24.3 Å². The van der Waals surface area contributed by atoms with Crippen LogP contribution in [-0.2, 0) is 29.1 Å². The molecule has 0 radical (unpaired) electrons. The second-order valence-corrected chi connectivity index (χ2v) is 8.36. The molecule has 0 bridgehead atoms. The Balaban J connectivity index is 1.37. The van der Waals surface area contributed by atoms with Crippen molar-refractivity contribution in [2.75, 3.05) is 13.1 Å². The monoisotopic (exact) mass is 421 g/mol. The Kier molecular flexibility index (Phi) is 6.51. The van der Waals surface area contributed by atoms with Crippen molar-refractivity contribution < 1.29 is 14.5 Å². The molecule has 0 spiro atoms. The molecule has 2 atom stereocenters. The fourth-order valence-electron chi connectivity index (χ4n) is 3.86. The van der Waals surface area contributed by atoms with Gasteiger partial charge in [-0.15, -0.1) is 11.3 Å². The smallest absolute Gasteiger partial charge is 0.309 e. The minimum Gasteiger partial charge on any atom is -0.342 e. The van der Waals surface area contributed by atoms with Crippen LogP contribution in [0, 0.1) is 0 Å². The SMILES string of the molecule is O=C(NCc1ccccn1)C(=O)NC[C@@H](c1cccs1)[NH+]1CCc2ccccc2C1. The standard InChI is InChI=1S/C23H24N4O2S/c28-22(25-14-19-8-3-4-11-24-19)23(29)26-15-20(21-9-5-13-30-21)27-12-10-17-6-1-2-7-18(17)16-27/h1-9,11,13,20H,10,12,14-16H2,(H,25,28)(H,26,29)/p+1/t20-/m0/s1. The molecule has 7 heteroatoms. The number of fused-ring (bicyclic) bond motifs is 1. The summed E-state index contributed by atoms with van der Waals surface area (Å²) >= 11 is 1.69. The number of hydrogen-bond acceptors (Lipinski definition) is 4. The summed E-state index contributed by atoms with van der Waals surface area (Å²) in [6.45, 7) is 2.57. The summed E-state index contributed by atoms with van der Waals surface area (Å²) in [7, 11) is 0. The first-order chi connectivity index (χ1) is 14.7. The molecule has 1 aliphatic heterocycles. The van der Waals surface area contributed by atoms with E-state index in [0.717, 1.165) is 19.5 Å². The highest BCUT2D eigenvalue weighted by Gasteiger charge is 2.30. The lowest BCUT2D eigenvalue weighted by atomic mass is 9.98. The number of amides is 2. The minimum absolute atomic E-state index is 0.117. The maximum atomic E-state index is 12.4. The normalized spacial score (nSPS) is 16.3. The lowest BCUT2D eigenvalue weighted by Gasteiger charge is -2.32. The molecular weight excluding hydrogens is 396 g/mol. The lowest BCUT2D eigenvalue weighted by Crippen LogP contribution is -3.12. The van der Waals surface area contributed by atoms with Gasteiger partial charge in [-0.05, 0) is 29.1 Å². The van der Waals surface area contributed by atoms with Crippen molar-refractivity contribution in [3.63, 3.8) is 0 Å². The summed E-state index contributed by atoms with van der Waals surface area (Å²) in [5.41, 5.74) is 3.48. The van der Waals surface area contributed by atoms with Crippen molar-refractivity contribution in [1.29, 1.82) is 0 Å². The van der Waals surface area contributed by atoms with E-state index in [9.17, 15) is 9.59 Å². The number of aromatic nitrogens is 1. The Labute approximate surface area is 180 Å². The second-order valence-electron chi connectivity index (χ2n) is 7.39. The summed E-state index contributed by atoms with van der Waals surface area (Å²) < 4.78 is 0. The molecule has 0 fully saturated rings. The van der Waals surface area contributed by atoms with Crippen molar-refractivity contribution in [3.8, 4) is 0 Å². The highest BCUT2D eigenvalue weighted by molar-refractivity contribution is 7.10. The number of benzene rings is 1. The third-order valence-corrected chi connectivity index (χ3v) is 6.45. The van der Waals surface area contributed by atoms with E-state index in [2.05, 4.69) is 51.3 Å². The second kappa shape index (κ2) is 9.65. The van der Waals surface area contributed by atoms with Crippen LogP contribution in [0.1, 0.15) is 27.7 Å². The van der Waals surface area contributed by atoms with Gasteiger partial charge in [-0.2, -0.15) is 0 Å². The van der Waals surface area contributed by atoms with E-state index in [4.69, 9.17) is 0 Å². The van der Waals surface area contributed by atoms with E-state index in [0.29, 0.717) is 12.2 Å². The van der Waals surface area contributed by atoms with Gasteiger partial charge in [-0.1, -0.05) is 36.4 Å². The largest absolute Gasteiger partial charge is 0.342 e. The van der Waals surface area contributed by atoms with E-state index in [1.165, 1.54) is 20.9 Å².